The second-order valence-corrected chi connectivity index (χ2v) is 10.4. The fraction of sp³-hybridized carbons (Fsp3) is 0.333. The Bertz CT molecular complexity index is 1230. The van der Waals surface area contributed by atoms with E-state index in [9.17, 15) is 21.9 Å². The van der Waals surface area contributed by atoms with Crippen molar-refractivity contribution in [1.29, 1.82) is 0 Å². The van der Waals surface area contributed by atoms with Crippen molar-refractivity contribution in [2.75, 3.05) is 6.61 Å². The van der Waals surface area contributed by atoms with Crippen LogP contribution in [0, 0.1) is 0 Å². The SMILES string of the molecule is CC(C)(C)OC(c1c(C(F)(F)F)ccc(-c2ccccc2)c1-c1ccc2c(c1)CCCO2)S(=O)O. The molecule has 186 valence electrons. The lowest BCUT2D eigenvalue weighted by Crippen LogP contribution is -2.27. The standard InChI is InChI=1S/C27H27F3O4S/c1-26(2,3)34-25(35(31)32)24-21(27(28,29)30)13-12-20(17-8-5-4-6-9-17)23(24)19-11-14-22-18(16-19)10-7-15-33-22/h4-6,8-9,11-14,16,25H,7,10,15H2,1-3H3,(H,31,32). The summed E-state index contributed by atoms with van der Waals surface area (Å²) in [6, 6.07) is 16.7. The van der Waals surface area contributed by atoms with Gasteiger partial charge in [-0.1, -0.05) is 42.5 Å². The summed E-state index contributed by atoms with van der Waals surface area (Å²) < 4.78 is 77.3. The van der Waals surface area contributed by atoms with Crippen LogP contribution in [0.2, 0.25) is 0 Å². The molecule has 0 aliphatic carbocycles. The molecular formula is C27H27F3O4S. The van der Waals surface area contributed by atoms with Gasteiger partial charge in [0.05, 0.1) is 17.8 Å². The highest BCUT2D eigenvalue weighted by molar-refractivity contribution is 7.79. The van der Waals surface area contributed by atoms with Crippen LogP contribution in [-0.4, -0.2) is 21.0 Å². The molecule has 4 nitrogen and oxygen atoms in total. The molecule has 3 aromatic carbocycles. The number of benzene rings is 3. The van der Waals surface area contributed by atoms with Crippen molar-refractivity contribution in [3.8, 4) is 28.0 Å². The van der Waals surface area contributed by atoms with Gasteiger partial charge < -0.3 is 14.0 Å². The summed E-state index contributed by atoms with van der Waals surface area (Å²) in [4.78, 5) is 0. The normalized spacial score (nSPS) is 15.7. The van der Waals surface area contributed by atoms with Crippen LogP contribution in [-0.2, 0) is 28.4 Å². The van der Waals surface area contributed by atoms with Crippen LogP contribution in [0.3, 0.4) is 0 Å². The number of aryl methyl sites for hydroxylation is 1. The molecule has 2 unspecified atom stereocenters. The third kappa shape index (κ3) is 5.60. The van der Waals surface area contributed by atoms with Crippen molar-refractivity contribution < 1.29 is 31.4 Å². The predicted octanol–water partition coefficient (Wildman–Crippen LogP) is 7.40. The van der Waals surface area contributed by atoms with Crippen molar-refractivity contribution in [2.24, 2.45) is 0 Å². The molecule has 2 atom stereocenters. The first-order valence-corrected chi connectivity index (χ1v) is 12.5. The maximum Gasteiger partial charge on any atom is 0.416 e. The van der Waals surface area contributed by atoms with E-state index in [-0.39, 0.29) is 11.1 Å². The average Bonchev–Trinajstić information content (AvgIpc) is 2.80. The fourth-order valence-corrected chi connectivity index (χ4v) is 5.14. The highest BCUT2D eigenvalue weighted by atomic mass is 32.2. The third-order valence-corrected chi connectivity index (χ3v) is 6.41. The van der Waals surface area contributed by atoms with Crippen LogP contribution < -0.4 is 4.74 Å². The van der Waals surface area contributed by atoms with Gasteiger partial charge in [-0.05, 0) is 79.6 Å². The Morgan fingerprint density at radius 1 is 1.00 bits per heavy atom. The summed E-state index contributed by atoms with van der Waals surface area (Å²) in [5, 5.41) is 0. The highest BCUT2D eigenvalue weighted by Crippen LogP contribution is 2.47. The summed E-state index contributed by atoms with van der Waals surface area (Å²) in [7, 11) is 0. The van der Waals surface area contributed by atoms with Crippen LogP contribution in [0.4, 0.5) is 13.2 Å². The largest absolute Gasteiger partial charge is 0.493 e. The number of ether oxygens (including phenoxy) is 2. The Hall–Kier alpha value is -2.68. The Kier molecular flexibility index (Phi) is 7.09. The van der Waals surface area contributed by atoms with Gasteiger partial charge in [-0.2, -0.15) is 13.2 Å². The predicted molar refractivity (Wildman–Crippen MR) is 130 cm³/mol. The summed E-state index contributed by atoms with van der Waals surface area (Å²) in [5.41, 5.74) is -1.26. The molecule has 35 heavy (non-hydrogen) atoms. The minimum Gasteiger partial charge on any atom is -0.493 e. The van der Waals surface area contributed by atoms with Gasteiger partial charge in [0, 0.05) is 5.56 Å². The van der Waals surface area contributed by atoms with E-state index in [1.54, 1.807) is 57.2 Å². The highest BCUT2D eigenvalue weighted by Gasteiger charge is 2.41. The molecule has 8 heteroatoms. The Labute approximate surface area is 205 Å². The van der Waals surface area contributed by atoms with Gasteiger partial charge in [0.25, 0.3) is 0 Å². The summed E-state index contributed by atoms with van der Waals surface area (Å²) >= 11 is -2.74. The zero-order valence-electron chi connectivity index (χ0n) is 19.7. The molecule has 0 bridgehead atoms. The molecule has 0 spiro atoms. The van der Waals surface area contributed by atoms with E-state index in [2.05, 4.69) is 0 Å². The number of rotatable bonds is 5. The van der Waals surface area contributed by atoms with Gasteiger partial charge in [0.2, 0.25) is 0 Å². The Balaban J connectivity index is 2.10. The lowest BCUT2D eigenvalue weighted by Gasteiger charge is -2.30. The molecular weight excluding hydrogens is 477 g/mol. The number of halogens is 3. The summed E-state index contributed by atoms with van der Waals surface area (Å²) in [5.74, 6) is 0.697. The number of alkyl halides is 3. The minimum atomic E-state index is -4.77. The Morgan fingerprint density at radius 3 is 2.34 bits per heavy atom. The molecule has 0 saturated heterocycles. The third-order valence-electron chi connectivity index (χ3n) is 5.71. The van der Waals surface area contributed by atoms with Gasteiger partial charge >= 0.3 is 6.18 Å². The van der Waals surface area contributed by atoms with Crippen molar-refractivity contribution >= 4 is 11.1 Å². The first kappa shape index (κ1) is 25.4. The summed E-state index contributed by atoms with van der Waals surface area (Å²) in [6.45, 7) is 5.49. The molecule has 3 aromatic rings. The molecule has 1 aliphatic rings. The molecule has 1 N–H and O–H groups in total. The fourth-order valence-electron chi connectivity index (χ4n) is 4.32. The van der Waals surface area contributed by atoms with Crippen LogP contribution >= 0.6 is 0 Å². The molecule has 0 fully saturated rings. The minimum absolute atomic E-state index is 0.219. The smallest absolute Gasteiger partial charge is 0.416 e. The molecule has 0 saturated carbocycles. The van der Waals surface area contributed by atoms with Gasteiger partial charge in [-0.3, -0.25) is 0 Å². The first-order chi connectivity index (χ1) is 16.5. The molecule has 0 amide bonds. The Morgan fingerprint density at radius 2 is 1.71 bits per heavy atom. The number of fused-ring (bicyclic) bond motifs is 1. The van der Waals surface area contributed by atoms with E-state index >= 15 is 0 Å². The van der Waals surface area contributed by atoms with Crippen molar-refractivity contribution in [3.63, 3.8) is 0 Å². The van der Waals surface area contributed by atoms with E-state index in [0.29, 0.717) is 29.0 Å². The van der Waals surface area contributed by atoms with Crippen LogP contribution in [0.1, 0.15) is 49.3 Å². The zero-order valence-corrected chi connectivity index (χ0v) is 20.5. The first-order valence-electron chi connectivity index (χ1n) is 11.3. The lowest BCUT2D eigenvalue weighted by molar-refractivity contribution is -0.139. The van der Waals surface area contributed by atoms with Crippen molar-refractivity contribution in [2.45, 2.75) is 50.8 Å². The van der Waals surface area contributed by atoms with E-state index in [4.69, 9.17) is 9.47 Å². The van der Waals surface area contributed by atoms with Gasteiger partial charge in [0.1, 0.15) is 5.75 Å². The molecule has 0 aromatic heterocycles. The lowest BCUT2D eigenvalue weighted by atomic mass is 9.86. The number of hydrogen-bond donors (Lipinski definition) is 1. The monoisotopic (exact) mass is 504 g/mol. The van der Waals surface area contributed by atoms with Gasteiger partial charge in [-0.25, -0.2) is 4.21 Å². The quantitative estimate of drug-likeness (QED) is 0.368. The molecule has 4 rings (SSSR count). The zero-order chi connectivity index (χ0) is 25.4. The van der Waals surface area contributed by atoms with Gasteiger partial charge in [0.15, 0.2) is 16.5 Å². The van der Waals surface area contributed by atoms with Crippen LogP contribution in [0.15, 0.2) is 60.7 Å². The van der Waals surface area contributed by atoms with E-state index < -0.39 is 33.9 Å². The molecule has 0 radical (unpaired) electrons. The summed E-state index contributed by atoms with van der Waals surface area (Å²) in [6.07, 6.45) is -3.24. The molecule has 1 heterocycles. The topological polar surface area (TPSA) is 55.8 Å². The second kappa shape index (κ2) is 9.76. The van der Waals surface area contributed by atoms with Gasteiger partial charge in [-0.15, -0.1) is 0 Å². The second-order valence-electron chi connectivity index (χ2n) is 9.43. The van der Waals surface area contributed by atoms with Crippen molar-refractivity contribution in [3.05, 3.63) is 77.4 Å². The van der Waals surface area contributed by atoms with E-state index in [1.165, 1.54) is 6.07 Å². The van der Waals surface area contributed by atoms with E-state index in [0.717, 1.165) is 24.5 Å². The van der Waals surface area contributed by atoms with Crippen LogP contribution in [0.25, 0.3) is 22.3 Å². The molecule has 1 aliphatic heterocycles. The van der Waals surface area contributed by atoms with E-state index in [1.807, 2.05) is 12.1 Å². The van der Waals surface area contributed by atoms with Crippen molar-refractivity contribution in [1.82, 2.24) is 0 Å². The number of hydrogen-bond acceptors (Lipinski definition) is 3. The maximum atomic E-state index is 14.4. The maximum absolute atomic E-state index is 14.4. The average molecular weight is 505 g/mol. The van der Waals surface area contributed by atoms with Crippen LogP contribution in [0.5, 0.6) is 5.75 Å².